The lowest BCUT2D eigenvalue weighted by atomic mass is 10.2. The maximum atomic E-state index is 12.6. The van der Waals surface area contributed by atoms with Gasteiger partial charge in [-0.05, 0) is 6.07 Å². The van der Waals surface area contributed by atoms with E-state index < -0.39 is 6.11 Å². The molecule has 0 atom stereocenters. The van der Waals surface area contributed by atoms with Gasteiger partial charge < -0.3 is 4.74 Å². The molecule has 6 heteroatoms. The van der Waals surface area contributed by atoms with Gasteiger partial charge in [0.25, 0.3) is 0 Å². The van der Waals surface area contributed by atoms with Gasteiger partial charge in [-0.3, -0.25) is 0 Å². The zero-order valence-corrected chi connectivity index (χ0v) is 11.2. The molecule has 0 aliphatic heterocycles. The van der Waals surface area contributed by atoms with Crippen molar-refractivity contribution in [1.29, 1.82) is 0 Å². The van der Waals surface area contributed by atoms with Crippen LogP contribution < -0.4 is 0 Å². The van der Waals surface area contributed by atoms with Crippen molar-refractivity contribution in [3.8, 4) is 5.69 Å². The number of para-hydroxylation sites is 1. The van der Waals surface area contributed by atoms with Gasteiger partial charge in [0.2, 0.25) is 0 Å². The van der Waals surface area contributed by atoms with Gasteiger partial charge >= 0.3 is 6.11 Å². The highest BCUT2D eigenvalue weighted by Crippen LogP contribution is 2.19. The molecule has 0 spiro atoms. The van der Waals surface area contributed by atoms with Crippen molar-refractivity contribution in [3.05, 3.63) is 42.5 Å². The first-order valence-electron chi connectivity index (χ1n) is 6.01. The van der Waals surface area contributed by atoms with Gasteiger partial charge in [-0.25, -0.2) is 9.67 Å². The number of hydrogen-bond acceptors (Lipinski definition) is 3. The first-order chi connectivity index (χ1) is 9.06. The molecule has 0 radical (unpaired) electrons. The Kier molecular flexibility index (Phi) is 5.57. The lowest BCUT2D eigenvalue weighted by Gasteiger charge is -2.13. The van der Waals surface area contributed by atoms with Crippen molar-refractivity contribution in [2.45, 2.75) is 33.5 Å². The summed E-state index contributed by atoms with van der Waals surface area (Å²) in [5.74, 6) is 0. The van der Waals surface area contributed by atoms with Crippen LogP contribution in [0.1, 0.15) is 26.3 Å². The van der Waals surface area contributed by atoms with E-state index in [4.69, 9.17) is 0 Å². The third-order valence-corrected chi connectivity index (χ3v) is 2.14. The Morgan fingerprint density at radius 1 is 1.26 bits per heavy atom. The molecule has 19 heavy (non-hydrogen) atoms. The molecule has 0 bridgehead atoms. The second kappa shape index (κ2) is 6.94. The van der Waals surface area contributed by atoms with E-state index in [9.17, 15) is 8.78 Å². The lowest BCUT2D eigenvalue weighted by Crippen LogP contribution is -2.15. The Bertz CT molecular complexity index is 481. The van der Waals surface area contributed by atoms with Crippen LogP contribution in [-0.2, 0) is 11.3 Å². The minimum absolute atomic E-state index is 0.181. The van der Waals surface area contributed by atoms with E-state index in [0.29, 0.717) is 18.2 Å². The Balaban J connectivity index is 0.000000861. The summed E-state index contributed by atoms with van der Waals surface area (Å²) in [5, 5.41) is 3.95. The van der Waals surface area contributed by atoms with Crippen LogP contribution in [0.5, 0.6) is 0 Å². The second-order valence-electron chi connectivity index (χ2n) is 3.57. The molecule has 0 saturated carbocycles. The minimum Gasteiger partial charge on any atom is -0.316 e. The van der Waals surface area contributed by atoms with Crippen LogP contribution in [0, 0.1) is 0 Å². The van der Waals surface area contributed by atoms with Crippen molar-refractivity contribution in [1.82, 2.24) is 14.8 Å². The molecule has 1 heterocycles. The van der Waals surface area contributed by atoms with Crippen molar-refractivity contribution in [2.75, 3.05) is 0 Å². The number of hydrogen-bond donors (Lipinski definition) is 0. The van der Waals surface area contributed by atoms with E-state index in [1.807, 2.05) is 13.8 Å². The molecule has 0 N–H and O–H groups in total. The van der Waals surface area contributed by atoms with Crippen LogP contribution in [0.4, 0.5) is 8.78 Å². The van der Waals surface area contributed by atoms with E-state index in [1.54, 1.807) is 24.3 Å². The lowest BCUT2D eigenvalue weighted by molar-refractivity contribution is -0.231. The molecule has 104 valence electrons. The average molecular weight is 269 g/mol. The molecule has 1 aromatic heterocycles. The highest BCUT2D eigenvalue weighted by atomic mass is 19.3. The monoisotopic (exact) mass is 269 g/mol. The smallest absolute Gasteiger partial charge is 0.316 e. The molecular weight excluding hydrogens is 252 g/mol. The van der Waals surface area contributed by atoms with Crippen LogP contribution in [0.2, 0.25) is 0 Å². The van der Waals surface area contributed by atoms with Gasteiger partial charge in [0.05, 0.1) is 12.3 Å². The van der Waals surface area contributed by atoms with Crippen LogP contribution in [-0.4, -0.2) is 20.9 Å². The third-order valence-electron chi connectivity index (χ3n) is 2.14. The van der Waals surface area contributed by atoms with Gasteiger partial charge in [-0.1, -0.05) is 32.0 Å². The normalized spacial score (nSPS) is 10.8. The summed E-state index contributed by atoms with van der Waals surface area (Å²) in [5.41, 5.74) is 1.30. The largest absolute Gasteiger partial charge is 0.353 e. The molecule has 2 rings (SSSR count). The summed E-state index contributed by atoms with van der Waals surface area (Å²) in [6.45, 7) is 4.53. The fraction of sp³-hybridized carbons (Fsp3) is 0.385. The first-order valence-corrected chi connectivity index (χ1v) is 6.01. The van der Waals surface area contributed by atoms with Crippen molar-refractivity contribution >= 4 is 0 Å². The van der Waals surface area contributed by atoms with E-state index in [2.05, 4.69) is 14.8 Å². The van der Waals surface area contributed by atoms with Gasteiger partial charge in [-0.2, -0.15) is 13.9 Å². The zero-order valence-electron chi connectivity index (χ0n) is 11.2. The summed E-state index contributed by atoms with van der Waals surface area (Å²) in [7, 11) is 0. The van der Waals surface area contributed by atoms with Crippen molar-refractivity contribution in [3.63, 3.8) is 0 Å². The molecule has 4 nitrogen and oxygen atoms in total. The fourth-order valence-electron chi connectivity index (χ4n) is 1.39. The van der Waals surface area contributed by atoms with Gasteiger partial charge in [-0.15, -0.1) is 0 Å². The van der Waals surface area contributed by atoms with E-state index in [-0.39, 0.29) is 6.61 Å². The highest BCUT2D eigenvalue weighted by molar-refractivity contribution is 5.39. The number of halogens is 2. The second-order valence-corrected chi connectivity index (χ2v) is 3.57. The Labute approximate surface area is 111 Å². The van der Waals surface area contributed by atoms with Gasteiger partial charge in [0.1, 0.15) is 12.7 Å². The Hall–Kier alpha value is -1.82. The van der Waals surface area contributed by atoms with Gasteiger partial charge in [0.15, 0.2) is 0 Å². The highest BCUT2D eigenvalue weighted by Gasteiger charge is 2.22. The van der Waals surface area contributed by atoms with Crippen molar-refractivity contribution < 1.29 is 13.5 Å². The molecule has 2 aromatic rings. The number of benzene rings is 1. The zero-order chi connectivity index (χ0) is 14.3. The number of rotatable bonds is 4. The summed E-state index contributed by atoms with van der Waals surface area (Å²) in [4.78, 5) is 3.81. The Morgan fingerprint density at radius 2 is 1.95 bits per heavy atom. The average Bonchev–Trinajstić information content (AvgIpc) is 2.92. The maximum Gasteiger partial charge on any atom is 0.353 e. The van der Waals surface area contributed by atoms with E-state index in [1.165, 1.54) is 17.3 Å². The van der Waals surface area contributed by atoms with Crippen LogP contribution >= 0.6 is 0 Å². The summed E-state index contributed by atoms with van der Waals surface area (Å²) < 4.78 is 31.2. The predicted octanol–water partition coefficient (Wildman–Crippen LogP) is 3.42. The number of aromatic nitrogens is 3. The summed E-state index contributed by atoms with van der Waals surface area (Å²) in [6, 6.07) is 7.03. The molecule has 0 unspecified atom stereocenters. The molecule has 0 amide bonds. The molecule has 0 aliphatic carbocycles. The predicted molar refractivity (Wildman–Crippen MR) is 68.1 cm³/mol. The Morgan fingerprint density at radius 3 is 2.53 bits per heavy atom. The summed E-state index contributed by atoms with van der Waals surface area (Å²) in [6.07, 6.45) is -0.259. The van der Waals surface area contributed by atoms with E-state index >= 15 is 0 Å². The SMILES string of the molecule is CC.CC(F)(F)OCc1ccccc1-n1cncn1. The molecular formula is C13H17F2N3O. The van der Waals surface area contributed by atoms with Crippen LogP contribution in [0.3, 0.4) is 0 Å². The quantitative estimate of drug-likeness (QED) is 0.853. The standard InChI is InChI=1S/C11H11F2N3O.C2H6/c1-11(12,13)17-6-9-4-2-3-5-10(9)16-8-14-7-15-16;1-2/h2-5,7-8H,6H2,1H3;1-2H3. The molecule has 0 aliphatic rings. The number of nitrogens with zero attached hydrogens (tertiary/aromatic N) is 3. The van der Waals surface area contributed by atoms with E-state index in [0.717, 1.165) is 0 Å². The molecule has 1 aromatic carbocycles. The van der Waals surface area contributed by atoms with Crippen LogP contribution in [0.15, 0.2) is 36.9 Å². The number of ether oxygens (including phenoxy) is 1. The topological polar surface area (TPSA) is 39.9 Å². The van der Waals surface area contributed by atoms with Crippen LogP contribution in [0.25, 0.3) is 5.69 Å². The minimum atomic E-state index is -3.14. The van der Waals surface area contributed by atoms with Crippen molar-refractivity contribution in [2.24, 2.45) is 0 Å². The fourth-order valence-corrected chi connectivity index (χ4v) is 1.39. The van der Waals surface area contributed by atoms with Gasteiger partial charge in [0, 0.05) is 12.5 Å². The first kappa shape index (κ1) is 15.2. The molecule has 0 fully saturated rings. The third kappa shape index (κ3) is 4.75. The summed E-state index contributed by atoms with van der Waals surface area (Å²) >= 11 is 0. The maximum absolute atomic E-state index is 12.6. The number of alkyl halides is 2. The molecule has 0 saturated heterocycles.